The molecule has 2 atom stereocenters. The van der Waals surface area contributed by atoms with Crippen molar-refractivity contribution in [2.75, 3.05) is 13.1 Å². The van der Waals surface area contributed by atoms with Crippen molar-refractivity contribution >= 4 is 16.0 Å². The lowest BCUT2D eigenvalue weighted by Gasteiger charge is -2.18. The number of aryl methyl sites for hydroxylation is 2. The monoisotopic (exact) mass is 303 g/mol. The van der Waals surface area contributed by atoms with E-state index in [0.717, 1.165) is 8.99 Å². The number of aromatic nitrogens is 2. The van der Waals surface area contributed by atoms with Gasteiger partial charge >= 0.3 is 5.97 Å². The molecule has 1 aromatic rings. The highest BCUT2D eigenvalue weighted by atomic mass is 32.2. The molecule has 0 amide bonds. The van der Waals surface area contributed by atoms with Crippen LogP contribution in [0.4, 0.5) is 4.39 Å². The number of nitrogens with zero attached hydrogens (tertiary/aromatic N) is 3. The van der Waals surface area contributed by atoms with Crippen molar-refractivity contribution in [3.8, 4) is 0 Å². The Labute approximate surface area is 115 Å². The molecule has 1 aliphatic heterocycles. The van der Waals surface area contributed by atoms with Crippen LogP contribution in [-0.2, 0) is 21.9 Å². The number of rotatable bonds is 3. The van der Waals surface area contributed by atoms with E-state index in [9.17, 15) is 17.6 Å². The molecule has 20 heavy (non-hydrogen) atoms. The van der Waals surface area contributed by atoms with Gasteiger partial charge in [-0.3, -0.25) is 4.79 Å². The topological polar surface area (TPSA) is 92.5 Å². The van der Waals surface area contributed by atoms with E-state index in [1.165, 1.54) is 14.0 Å². The van der Waals surface area contributed by atoms with Crippen LogP contribution in [0.3, 0.4) is 0 Å². The van der Waals surface area contributed by atoms with E-state index in [2.05, 4.69) is 5.10 Å². The first-order chi connectivity index (χ1) is 9.25. The maximum atomic E-state index is 13.9. The summed E-state index contributed by atoms with van der Waals surface area (Å²) in [4.78, 5) is 10.5. The van der Waals surface area contributed by atoms with Gasteiger partial charge in [0.25, 0.3) is 0 Å². The Hall–Kier alpha value is -1.48. The molecule has 1 aromatic heterocycles. The summed E-state index contributed by atoms with van der Waals surface area (Å²) in [5.41, 5.74) is 0.111. The Morgan fingerprint density at radius 3 is 2.35 bits per heavy atom. The lowest BCUT2D eigenvalue weighted by atomic mass is 10.3. The van der Waals surface area contributed by atoms with Crippen LogP contribution in [0, 0.1) is 30.6 Å². The minimum absolute atomic E-state index is 0.111. The smallest absolute Gasteiger partial charge is 0.307 e. The van der Waals surface area contributed by atoms with Gasteiger partial charge in [-0.1, -0.05) is 0 Å². The van der Waals surface area contributed by atoms with Gasteiger partial charge in [-0.05, 0) is 18.8 Å². The number of piperidine rings is 1. The highest BCUT2D eigenvalue weighted by Gasteiger charge is 2.62. The Bertz CT molecular complexity index is 687. The second-order valence-electron chi connectivity index (χ2n) is 5.34. The normalized spacial score (nSPS) is 29.4. The fourth-order valence-electron chi connectivity index (χ4n) is 3.08. The van der Waals surface area contributed by atoms with Gasteiger partial charge in [-0.25, -0.2) is 13.1 Å². The minimum atomic E-state index is -3.95. The second kappa shape index (κ2) is 4.01. The van der Waals surface area contributed by atoms with Crippen molar-refractivity contribution in [3.63, 3.8) is 0 Å². The number of carboxylic acids is 1. The molecule has 7 nitrogen and oxygen atoms in total. The third kappa shape index (κ3) is 1.69. The van der Waals surface area contributed by atoms with E-state index in [4.69, 9.17) is 5.11 Å². The number of sulfonamides is 1. The number of hydrogen-bond donors (Lipinski definition) is 1. The van der Waals surface area contributed by atoms with Crippen LogP contribution in [0.15, 0.2) is 4.90 Å². The molecule has 1 saturated heterocycles. The minimum Gasteiger partial charge on any atom is -0.481 e. The van der Waals surface area contributed by atoms with Gasteiger partial charge in [0.2, 0.25) is 16.0 Å². The number of carbonyl (C=O) groups is 1. The summed E-state index contributed by atoms with van der Waals surface area (Å²) in [5.74, 6) is -2.54. The van der Waals surface area contributed by atoms with Gasteiger partial charge in [0, 0.05) is 20.1 Å². The van der Waals surface area contributed by atoms with Crippen LogP contribution >= 0.6 is 0 Å². The van der Waals surface area contributed by atoms with Crippen molar-refractivity contribution in [3.05, 3.63) is 11.6 Å². The van der Waals surface area contributed by atoms with Crippen LogP contribution < -0.4 is 0 Å². The third-order valence-corrected chi connectivity index (χ3v) is 6.10. The van der Waals surface area contributed by atoms with E-state index in [1.807, 2.05) is 0 Å². The molecule has 1 saturated carbocycles. The molecule has 1 N–H and O–H groups in total. The summed E-state index contributed by atoms with van der Waals surface area (Å²) in [6, 6.07) is 0. The van der Waals surface area contributed by atoms with Crippen LogP contribution in [0.2, 0.25) is 0 Å². The van der Waals surface area contributed by atoms with Gasteiger partial charge in [0.05, 0.1) is 11.6 Å². The quantitative estimate of drug-likeness (QED) is 0.836. The first-order valence-electron chi connectivity index (χ1n) is 6.17. The highest BCUT2D eigenvalue weighted by Crippen LogP contribution is 2.52. The van der Waals surface area contributed by atoms with Gasteiger partial charge in [-0.15, -0.1) is 0 Å². The molecule has 2 fully saturated rings. The Kier molecular flexibility index (Phi) is 2.71. The molecule has 2 aliphatic rings. The van der Waals surface area contributed by atoms with Crippen LogP contribution in [-0.4, -0.2) is 46.7 Å². The molecule has 0 bridgehead atoms. The number of halogens is 1. The summed E-state index contributed by atoms with van der Waals surface area (Å²) in [6.45, 7) is 1.71. The SMILES string of the molecule is Cc1nn(C)c(F)c1S(=O)(=O)N1CC2C(C1)C2C(=O)O. The Morgan fingerprint density at radius 2 is 1.95 bits per heavy atom. The molecule has 110 valence electrons. The van der Waals surface area contributed by atoms with Crippen molar-refractivity contribution in [1.29, 1.82) is 0 Å². The maximum absolute atomic E-state index is 13.9. The summed E-state index contributed by atoms with van der Waals surface area (Å²) in [5, 5.41) is 12.7. The van der Waals surface area contributed by atoms with E-state index in [1.54, 1.807) is 0 Å². The zero-order valence-corrected chi connectivity index (χ0v) is 11.8. The summed E-state index contributed by atoms with van der Waals surface area (Å²) >= 11 is 0. The zero-order chi connectivity index (χ0) is 14.8. The Balaban J connectivity index is 1.87. The van der Waals surface area contributed by atoms with Gasteiger partial charge in [0.15, 0.2) is 4.90 Å². The standard InChI is InChI=1S/C11H14FN3O4S/c1-5-9(10(12)14(2)13-5)20(18,19)15-3-6-7(4-15)8(6)11(16)17/h6-8H,3-4H2,1-2H3,(H,16,17). The van der Waals surface area contributed by atoms with Crippen molar-refractivity contribution in [1.82, 2.24) is 14.1 Å². The molecule has 9 heteroatoms. The number of carboxylic acid groups (broad SMARTS) is 1. The first kappa shape index (κ1) is 13.5. The number of hydrogen-bond acceptors (Lipinski definition) is 4. The molecule has 3 rings (SSSR count). The van der Waals surface area contributed by atoms with Crippen molar-refractivity contribution in [2.45, 2.75) is 11.8 Å². The van der Waals surface area contributed by atoms with Gasteiger partial charge in [0.1, 0.15) is 0 Å². The fourth-order valence-corrected chi connectivity index (χ4v) is 4.84. The molecule has 0 radical (unpaired) electrons. The highest BCUT2D eigenvalue weighted by molar-refractivity contribution is 7.89. The van der Waals surface area contributed by atoms with Crippen molar-refractivity contribution < 1.29 is 22.7 Å². The van der Waals surface area contributed by atoms with E-state index < -0.39 is 32.8 Å². The molecule has 0 aromatic carbocycles. The fraction of sp³-hybridized carbons (Fsp3) is 0.636. The summed E-state index contributed by atoms with van der Waals surface area (Å²) < 4.78 is 40.8. The third-order valence-electron chi connectivity index (χ3n) is 4.14. The van der Waals surface area contributed by atoms with E-state index in [0.29, 0.717) is 0 Å². The van der Waals surface area contributed by atoms with Crippen LogP contribution in [0.25, 0.3) is 0 Å². The lowest BCUT2D eigenvalue weighted by molar-refractivity contribution is -0.139. The van der Waals surface area contributed by atoms with Crippen molar-refractivity contribution in [2.24, 2.45) is 24.8 Å². The van der Waals surface area contributed by atoms with Crippen LogP contribution in [0.1, 0.15) is 5.69 Å². The molecule has 2 unspecified atom stereocenters. The molecular weight excluding hydrogens is 289 g/mol. The molecule has 0 spiro atoms. The zero-order valence-electron chi connectivity index (χ0n) is 10.9. The second-order valence-corrected chi connectivity index (χ2v) is 7.22. The summed E-state index contributed by atoms with van der Waals surface area (Å²) in [7, 11) is -2.61. The largest absolute Gasteiger partial charge is 0.481 e. The number of aliphatic carboxylic acids is 1. The van der Waals surface area contributed by atoms with E-state index >= 15 is 0 Å². The maximum Gasteiger partial charge on any atom is 0.307 e. The first-order valence-corrected chi connectivity index (χ1v) is 7.61. The van der Waals surface area contributed by atoms with Gasteiger partial charge in [-0.2, -0.15) is 13.8 Å². The van der Waals surface area contributed by atoms with Crippen LogP contribution in [0.5, 0.6) is 0 Å². The molecule has 1 aliphatic carbocycles. The molecular formula is C11H14FN3O4S. The summed E-state index contributed by atoms with van der Waals surface area (Å²) in [6.07, 6.45) is 0. The average molecular weight is 303 g/mol. The number of fused-ring (bicyclic) bond motifs is 1. The predicted octanol–water partition coefficient (Wildman–Crippen LogP) is -0.181. The lowest BCUT2D eigenvalue weighted by Crippen LogP contribution is -2.33. The Morgan fingerprint density at radius 1 is 1.40 bits per heavy atom. The van der Waals surface area contributed by atoms with Gasteiger partial charge < -0.3 is 5.11 Å². The molecule has 2 heterocycles. The predicted molar refractivity (Wildman–Crippen MR) is 64.8 cm³/mol. The van der Waals surface area contributed by atoms with E-state index in [-0.39, 0.29) is 30.6 Å². The average Bonchev–Trinajstić information content (AvgIpc) is 2.70.